The molecule has 1 N–H and O–H groups in total. The van der Waals surface area contributed by atoms with Crippen LogP contribution in [0.2, 0.25) is 0 Å². The third-order valence-electron chi connectivity index (χ3n) is 4.35. The molecule has 0 aromatic carbocycles. The van der Waals surface area contributed by atoms with Gasteiger partial charge in [-0.2, -0.15) is 22.7 Å². The van der Waals surface area contributed by atoms with Gasteiger partial charge in [0.2, 0.25) is 17.8 Å². The van der Waals surface area contributed by atoms with Gasteiger partial charge in [-0.15, -0.1) is 0 Å². The van der Waals surface area contributed by atoms with Gasteiger partial charge in [0.25, 0.3) is 0 Å². The second kappa shape index (κ2) is 6.63. The van der Waals surface area contributed by atoms with Crippen molar-refractivity contribution in [3.05, 3.63) is 41.6 Å². The number of hydrogen-bond donors (Lipinski definition) is 1. The zero-order valence-electron chi connectivity index (χ0n) is 14.3. The van der Waals surface area contributed by atoms with E-state index >= 15 is 0 Å². The number of anilines is 1. The van der Waals surface area contributed by atoms with E-state index in [0.29, 0.717) is 0 Å². The number of rotatable bonds is 3. The van der Waals surface area contributed by atoms with Gasteiger partial charge in [0, 0.05) is 32.3 Å². The maximum atomic E-state index is 13.2. The number of nitrogens with one attached hydrogen (secondary N) is 1. The van der Waals surface area contributed by atoms with Gasteiger partial charge in [0.05, 0.1) is 0 Å². The van der Waals surface area contributed by atoms with Crippen LogP contribution in [-0.2, 0) is 22.8 Å². The first-order chi connectivity index (χ1) is 12.6. The lowest BCUT2D eigenvalue weighted by Crippen LogP contribution is -2.33. The first-order valence-electron chi connectivity index (χ1n) is 7.87. The maximum absolute atomic E-state index is 13.2. The number of aryl methyl sites for hydroxylation is 1. The number of carbonyl (C=O) groups is 2. The first-order valence-corrected chi connectivity index (χ1v) is 7.87. The summed E-state index contributed by atoms with van der Waals surface area (Å²) in [6.45, 7) is 0.0460. The summed E-state index contributed by atoms with van der Waals surface area (Å²) >= 11 is 0. The number of carbonyl (C=O) groups excluding carboxylic acids is 2. The summed E-state index contributed by atoms with van der Waals surface area (Å²) < 4.78 is 53.0. The molecule has 0 unspecified atom stereocenters. The third-order valence-corrected chi connectivity index (χ3v) is 4.35. The second-order valence-electron chi connectivity index (χ2n) is 6.21. The molecule has 2 atom stereocenters. The van der Waals surface area contributed by atoms with Gasteiger partial charge >= 0.3 is 6.18 Å². The minimum atomic E-state index is -4.65. The monoisotopic (exact) mass is 385 g/mol. The molecular weight excluding hydrogens is 370 g/mol. The number of nitrogens with zero attached hydrogens (tertiary/aromatic N) is 4. The molecule has 1 aliphatic heterocycles. The van der Waals surface area contributed by atoms with Crippen LogP contribution in [0.1, 0.15) is 17.3 Å². The Morgan fingerprint density at radius 3 is 2.59 bits per heavy atom. The Hall–Kier alpha value is -2.98. The zero-order valence-corrected chi connectivity index (χ0v) is 14.3. The summed E-state index contributed by atoms with van der Waals surface area (Å²) in [5.74, 6) is -4.37. The molecular formula is C16H15F4N5O2. The van der Waals surface area contributed by atoms with E-state index in [-0.39, 0.29) is 18.1 Å². The Kier molecular flexibility index (Phi) is 4.62. The molecule has 2 amide bonds. The number of hydrogen-bond acceptors (Lipinski definition) is 4. The quantitative estimate of drug-likeness (QED) is 0.496. The molecule has 0 bridgehead atoms. The minimum absolute atomic E-state index is 0.0460. The van der Waals surface area contributed by atoms with Crippen molar-refractivity contribution in [3.63, 3.8) is 0 Å². The summed E-state index contributed by atoms with van der Waals surface area (Å²) in [6.07, 6.45) is -4.65. The Morgan fingerprint density at radius 1 is 1.30 bits per heavy atom. The lowest BCUT2D eigenvalue weighted by atomic mass is 9.91. The van der Waals surface area contributed by atoms with Crippen LogP contribution in [0.5, 0.6) is 0 Å². The van der Waals surface area contributed by atoms with E-state index < -0.39 is 41.5 Å². The number of halogens is 4. The molecule has 1 saturated heterocycles. The number of likely N-dealkylation sites (N-methyl/N-ethyl adjacent to an activating group) is 1. The largest absolute Gasteiger partial charge is 0.435 e. The Labute approximate surface area is 151 Å². The number of likely N-dealkylation sites (tertiary alicyclic amines) is 1. The van der Waals surface area contributed by atoms with Crippen LogP contribution in [0.4, 0.5) is 23.4 Å². The minimum Gasteiger partial charge on any atom is -0.344 e. The van der Waals surface area contributed by atoms with Crippen molar-refractivity contribution in [2.24, 2.45) is 13.0 Å². The van der Waals surface area contributed by atoms with Crippen molar-refractivity contribution in [3.8, 4) is 0 Å². The molecule has 0 radical (unpaired) electrons. The maximum Gasteiger partial charge on any atom is 0.435 e. The molecule has 27 heavy (non-hydrogen) atoms. The normalized spacial score (nSPS) is 20.2. The lowest BCUT2D eigenvalue weighted by Gasteiger charge is -2.16. The molecule has 2 aromatic heterocycles. The van der Waals surface area contributed by atoms with Crippen LogP contribution in [0.25, 0.3) is 0 Å². The van der Waals surface area contributed by atoms with E-state index in [1.807, 2.05) is 0 Å². The third kappa shape index (κ3) is 3.62. The fourth-order valence-corrected chi connectivity index (χ4v) is 3.11. The Balaban J connectivity index is 1.92. The van der Waals surface area contributed by atoms with Crippen LogP contribution in [0, 0.1) is 11.9 Å². The second-order valence-corrected chi connectivity index (χ2v) is 6.21. The van der Waals surface area contributed by atoms with Gasteiger partial charge in [-0.1, -0.05) is 6.07 Å². The molecule has 3 rings (SSSR count). The fourth-order valence-electron chi connectivity index (χ4n) is 3.11. The lowest BCUT2D eigenvalue weighted by molar-refractivity contribution is -0.141. The number of alkyl halides is 3. The smallest absolute Gasteiger partial charge is 0.344 e. The highest BCUT2D eigenvalue weighted by molar-refractivity contribution is 6.08. The van der Waals surface area contributed by atoms with Crippen molar-refractivity contribution in [2.75, 3.05) is 18.9 Å². The predicted molar refractivity (Wildman–Crippen MR) is 84.9 cm³/mol. The van der Waals surface area contributed by atoms with Crippen LogP contribution >= 0.6 is 0 Å². The average Bonchev–Trinajstić information content (AvgIpc) is 3.08. The summed E-state index contributed by atoms with van der Waals surface area (Å²) in [5.41, 5.74) is -1.000. The highest BCUT2D eigenvalue weighted by Crippen LogP contribution is 2.36. The molecule has 11 heteroatoms. The van der Waals surface area contributed by atoms with E-state index in [0.717, 1.165) is 16.8 Å². The van der Waals surface area contributed by atoms with Gasteiger partial charge in [-0.3, -0.25) is 14.3 Å². The van der Waals surface area contributed by atoms with Crippen LogP contribution in [0.3, 0.4) is 0 Å². The molecule has 0 aliphatic carbocycles. The Morgan fingerprint density at radius 2 is 2.00 bits per heavy atom. The summed E-state index contributed by atoms with van der Waals surface area (Å²) in [5, 5.41) is 5.78. The molecule has 1 fully saturated rings. The van der Waals surface area contributed by atoms with Crippen molar-refractivity contribution in [1.82, 2.24) is 19.7 Å². The molecule has 0 saturated carbocycles. The molecule has 144 valence electrons. The van der Waals surface area contributed by atoms with E-state index in [9.17, 15) is 27.2 Å². The molecule has 1 aliphatic rings. The average molecular weight is 385 g/mol. The molecule has 7 nitrogen and oxygen atoms in total. The highest BCUT2D eigenvalue weighted by Gasteiger charge is 2.46. The van der Waals surface area contributed by atoms with Crippen molar-refractivity contribution >= 4 is 17.6 Å². The zero-order chi connectivity index (χ0) is 19.9. The summed E-state index contributed by atoms with van der Waals surface area (Å²) in [4.78, 5) is 29.8. The number of aromatic nitrogens is 3. The van der Waals surface area contributed by atoms with Crippen molar-refractivity contribution in [2.45, 2.75) is 12.1 Å². The SMILES string of the molecule is CN1C[C@H](c2cc(C(F)(F)F)nn2C)[C@@H](C(=O)Nc2cccc(F)n2)C1=O. The molecule has 2 aromatic rings. The van der Waals surface area contributed by atoms with Crippen molar-refractivity contribution in [1.29, 1.82) is 0 Å². The summed E-state index contributed by atoms with van der Waals surface area (Å²) in [6, 6.07) is 4.58. The number of pyridine rings is 1. The van der Waals surface area contributed by atoms with Crippen LogP contribution < -0.4 is 5.32 Å². The van der Waals surface area contributed by atoms with Gasteiger partial charge in [-0.05, 0) is 18.2 Å². The van der Waals surface area contributed by atoms with E-state index in [2.05, 4.69) is 15.4 Å². The summed E-state index contributed by atoms with van der Waals surface area (Å²) in [7, 11) is 2.76. The molecule has 3 heterocycles. The van der Waals surface area contributed by atoms with Gasteiger partial charge in [-0.25, -0.2) is 4.98 Å². The van der Waals surface area contributed by atoms with Gasteiger partial charge in [0.15, 0.2) is 5.69 Å². The van der Waals surface area contributed by atoms with E-state index in [1.165, 1.54) is 31.1 Å². The number of amides is 2. The van der Waals surface area contributed by atoms with Gasteiger partial charge < -0.3 is 10.2 Å². The van der Waals surface area contributed by atoms with Crippen LogP contribution in [-0.4, -0.2) is 45.1 Å². The van der Waals surface area contributed by atoms with Crippen LogP contribution in [0.15, 0.2) is 24.3 Å². The standard InChI is InChI=1S/C16H15F4N5O2/c1-24-7-8(9-6-10(16(18,19)20)23-25(9)2)13(15(24)27)14(26)22-12-5-3-4-11(17)21-12/h3-6,8,13H,7H2,1-2H3,(H,21,22,26)/t8-,13+/m1/s1. The van der Waals surface area contributed by atoms with Crippen molar-refractivity contribution < 1.29 is 27.2 Å². The first kappa shape index (κ1) is 18.8. The van der Waals surface area contributed by atoms with Gasteiger partial charge in [0.1, 0.15) is 11.7 Å². The Bertz CT molecular complexity index is 895. The van der Waals surface area contributed by atoms with E-state index in [4.69, 9.17) is 0 Å². The van der Waals surface area contributed by atoms with E-state index in [1.54, 1.807) is 0 Å². The molecule has 0 spiro atoms. The highest BCUT2D eigenvalue weighted by atomic mass is 19.4. The fraction of sp³-hybridized carbons (Fsp3) is 0.375. The topological polar surface area (TPSA) is 80.1 Å². The predicted octanol–water partition coefficient (Wildman–Crippen LogP) is 1.78.